The third kappa shape index (κ3) is 3.67. The number of anilines is 1. The smallest absolute Gasteiger partial charge is 0.203 e. The van der Waals surface area contributed by atoms with Crippen molar-refractivity contribution < 1.29 is 19.3 Å². The number of rotatable bonds is 7. The molecule has 1 aromatic rings. The maximum absolute atomic E-state index is 9.36. The van der Waals surface area contributed by atoms with Crippen LogP contribution in [-0.2, 0) is 0 Å². The highest BCUT2D eigenvalue weighted by Crippen LogP contribution is 2.40. The minimum Gasteiger partial charge on any atom is -0.493 e. The summed E-state index contributed by atoms with van der Waals surface area (Å²) in [5.74, 6) is 2.04. The van der Waals surface area contributed by atoms with E-state index >= 15 is 0 Å². The molecule has 0 amide bonds. The van der Waals surface area contributed by atoms with Crippen LogP contribution in [0.5, 0.6) is 17.2 Å². The van der Waals surface area contributed by atoms with Crippen LogP contribution < -0.4 is 19.5 Å². The van der Waals surface area contributed by atoms with Gasteiger partial charge in [0.25, 0.3) is 0 Å². The molecule has 0 aliphatic heterocycles. The van der Waals surface area contributed by atoms with Crippen molar-refractivity contribution in [1.29, 1.82) is 0 Å². The summed E-state index contributed by atoms with van der Waals surface area (Å²) in [6.07, 6.45) is 0. The Hall–Kier alpha value is -1.62. The van der Waals surface area contributed by atoms with Crippen LogP contribution in [0.25, 0.3) is 0 Å². The maximum atomic E-state index is 9.36. The predicted molar refractivity (Wildman–Crippen MR) is 75.4 cm³/mol. The molecule has 0 aromatic heterocycles. The van der Waals surface area contributed by atoms with E-state index in [1.807, 2.05) is 26.0 Å². The van der Waals surface area contributed by atoms with Crippen molar-refractivity contribution in [1.82, 2.24) is 0 Å². The van der Waals surface area contributed by atoms with Crippen LogP contribution in [-0.4, -0.2) is 39.1 Å². The van der Waals surface area contributed by atoms with E-state index in [2.05, 4.69) is 5.32 Å². The Morgan fingerprint density at radius 2 is 1.58 bits per heavy atom. The van der Waals surface area contributed by atoms with Gasteiger partial charge in [-0.25, -0.2) is 0 Å². The van der Waals surface area contributed by atoms with Crippen LogP contribution in [0.15, 0.2) is 12.1 Å². The second-order valence-corrected chi connectivity index (χ2v) is 4.59. The first-order chi connectivity index (χ1) is 9.07. The molecule has 108 valence electrons. The van der Waals surface area contributed by atoms with Crippen LogP contribution in [0, 0.1) is 5.92 Å². The zero-order chi connectivity index (χ0) is 14.4. The summed E-state index contributed by atoms with van der Waals surface area (Å²) in [6, 6.07) is 3.63. The SMILES string of the molecule is COc1cc(NC(CO)C(C)C)cc(OC)c1OC. The zero-order valence-electron chi connectivity index (χ0n) is 12.2. The van der Waals surface area contributed by atoms with E-state index in [0.717, 1.165) is 5.69 Å². The molecule has 19 heavy (non-hydrogen) atoms. The summed E-state index contributed by atoms with van der Waals surface area (Å²) in [6.45, 7) is 4.16. The minimum absolute atomic E-state index is 0.0252. The van der Waals surface area contributed by atoms with Crippen molar-refractivity contribution in [3.05, 3.63) is 12.1 Å². The van der Waals surface area contributed by atoms with Gasteiger partial charge in [-0.2, -0.15) is 0 Å². The molecule has 1 unspecified atom stereocenters. The molecule has 0 aliphatic rings. The number of hydrogen-bond donors (Lipinski definition) is 2. The van der Waals surface area contributed by atoms with E-state index in [-0.39, 0.29) is 12.6 Å². The fourth-order valence-corrected chi connectivity index (χ4v) is 1.80. The van der Waals surface area contributed by atoms with Crippen molar-refractivity contribution in [3.63, 3.8) is 0 Å². The molecular formula is C14H23NO4. The summed E-state index contributed by atoms with van der Waals surface area (Å²) < 4.78 is 15.8. The highest BCUT2D eigenvalue weighted by atomic mass is 16.5. The fraction of sp³-hybridized carbons (Fsp3) is 0.571. The first-order valence-electron chi connectivity index (χ1n) is 6.24. The van der Waals surface area contributed by atoms with E-state index in [4.69, 9.17) is 14.2 Å². The Morgan fingerprint density at radius 3 is 1.89 bits per heavy atom. The number of aliphatic hydroxyl groups excluding tert-OH is 1. The Kier molecular flexibility index (Phi) is 5.76. The molecule has 0 saturated carbocycles. The van der Waals surface area contributed by atoms with Crippen LogP contribution in [0.2, 0.25) is 0 Å². The average Bonchev–Trinajstić information content (AvgIpc) is 2.42. The quantitative estimate of drug-likeness (QED) is 0.794. The van der Waals surface area contributed by atoms with Gasteiger partial charge in [-0.05, 0) is 5.92 Å². The van der Waals surface area contributed by atoms with Crippen molar-refractivity contribution in [2.24, 2.45) is 5.92 Å². The maximum Gasteiger partial charge on any atom is 0.203 e. The highest BCUT2D eigenvalue weighted by Gasteiger charge is 2.16. The number of nitrogens with one attached hydrogen (secondary N) is 1. The van der Waals surface area contributed by atoms with Gasteiger partial charge in [-0.15, -0.1) is 0 Å². The summed E-state index contributed by atoms with van der Waals surface area (Å²) in [5, 5.41) is 12.6. The molecule has 5 nitrogen and oxygen atoms in total. The Morgan fingerprint density at radius 1 is 1.05 bits per heavy atom. The van der Waals surface area contributed by atoms with Gasteiger partial charge in [0, 0.05) is 17.8 Å². The molecular weight excluding hydrogens is 246 g/mol. The third-order valence-electron chi connectivity index (χ3n) is 3.02. The number of aliphatic hydroxyl groups is 1. The van der Waals surface area contributed by atoms with E-state index in [0.29, 0.717) is 23.2 Å². The van der Waals surface area contributed by atoms with Crippen molar-refractivity contribution in [2.45, 2.75) is 19.9 Å². The number of hydrogen-bond acceptors (Lipinski definition) is 5. The molecule has 0 fully saturated rings. The molecule has 0 bridgehead atoms. The summed E-state index contributed by atoms with van der Waals surface area (Å²) in [5.41, 5.74) is 0.822. The minimum atomic E-state index is -0.0252. The molecule has 1 rings (SSSR count). The monoisotopic (exact) mass is 269 g/mol. The van der Waals surface area contributed by atoms with Gasteiger partial charge in [-0.3, -0.25) is 0 Å². The second-order valence-electron chi connectivity index (χ2n) is 4.59. The lowest BCUT2D eigenvalue weighted by atomic mass is 10.0. The molecule has 0 heterocycles. The first kappa shape index (κ1) is 15.4. The van der Waals surface area contributed by atoms with Gasteiger partial charge < -0.3 is 24.6 Å². The van der Waals surface area contributed by atoms with Gasteiger partial charge >= 0.3 is 0 Å². The molecule has 1 atom stereocenters. The lowest BCUT2D eigenvalue weighted by Crippen LogP contribution is -2.29. The Balaban J connectivity index is 3.08. The first-order valence-corrected chi connectivity index (χ1v) is 6.24. The molecule has 1 aromatic carbocycles. The molecule has 0 saturated heterocycles. The standard InChI is InChI=1S/C14H23NO4/c1-9(2)11(8-16)15-10-6-12(17-3)14(19-5)13(7-10)18-4/h6-7,9,11,15-16H,8H2,1-5H3. The van der Waals surface area contributed by atoms with Crippen LogP contribution in [0.3, 0.4) is 0 Å². The summed E-state index contributed by atoms with van der Waals surface area (Å²) >= 11 is 0. The molecule has 0 aliphatic carbocycles. The number of benzene rings is 1. The largest absolute Gasteiger partial charge is 0.493 e. The van der Waals surface area contributed by atoms with Crippen LogP contribution in [0.4, 0.5) is 5.69 Å². The molecule has 2 N–H and O–H groups in total. The molecule has 0 radical (unpaired) electrons. The van der Waals surface area contributed by atoms with Gasteiger partial charge in [0.1, 0.15) is 0 Å². The Bertz CT molecular complexity index is 381. The van der Waals surface area contributed by atoms with E-state index in [1.165, 1.54) is 0 Å². The topological polar surface area (TPSA) is 60.0 Å². The van der Waals surface area contributed by atoms with Gasteiger partial charge in [-0.1, -0.05) is 13.8 Å². The molecule has 0 spiro atoms. The molecule has 5 heteroatoms. The lowest BCUT2D eigenvalue weighted by Gasteiger charge is -2.22. The Labute approximate surface area is 114 Å². The van der Waals surface area contributed by atoms with Crippen molar-refractivity contribution >= 4 is 5.69 Å². The zero-order valence-corrected chi connectivity index (χ0v) is 12.2. The highest BCUT2D eigenvalue weighted by molar-refractivity contribution is 5.62. The summed E-state index contributed by atoms with van der Waals surface area (Å²) in [7, 11) is 4.72. The van der Waals surface area contributed by atoms with Crippen LogP contribution in [0.1, 0.15) is 13.8 Å². The average molecular weight is 269 g/mol. The van der Waals surface area contributed by atoms with E-state index in [1.54, 1.807) is 21.3 Å². The predicted octanol–water partition coefficient (Wildman–Crippen LogP) is 2.14. The van der Waals surface area contributed by atoms with Crippen molar-refractivity contribution in [3.8, 4) is 17.2 Å². The third-order valence-corrected chi connectivity index (χ3v) is 3.02. The number of ether oxygens (including phenoxy) is 3. The summed E-state index contributed by atoms with van der Waals surface area (Å²) in [4.78, 5) is 0. The van der Waals surface area contributed by atoms with Gasteiger partial charge in [0.15, 0.2) is 11.5 Å². The fourth-order valence-electron chi connectivity index (χ4n) is 1.80. The van der Waals surface area contributed by atoms with E-state index in [9.17, 15) is 5.11 Å². The van der Waals surface area contributed by atoms with Crippen LogP contribution >= 0.6 is 0 Å². The van der Waals surface area contributed by atoms with Gasteiger partial charge in [0.05, 0.1) is 34.0 Å². The van der Waals surface area contributed by atoms with Gasteiger partial charge in [0.2, 0.25) is 5.75 Å². The second kappa shape index (κ2) is 7.09. The normalized spacial score (nSPS) is 12.2. The van der Waals surface area contributed by atoms with Crippen molar-refractivity contribution in [2.75, 3.05) is 33.3 Å². The lowest BCUT2D eigenvalue weighted by molar-refractivity contribution is 0.249. The van der Waals surface area contributed by atoms with E-state index < -0.39 is 0 Å². The number of methoxy groups -OCH3 is 3.